The molecular formula is C15H19Cl2N3O3. The second kappa shape index (κ2) is 9.37. The number of aromatic nitrogens is 2. The van der Waals surface area contributed by atoms with Crippen molar-refractivity contribution in [2.45, 2.75) is 32.7 Å². The third-order valence-electron chi connectivity index (χ3n) is 3.15. The van der Waals surface area contributed by atoms with Gasteiger partial charge in [0, 0.05) is 34.9 Å². The molecule has 2 aromatic rings. The van der Waals surface area contributed by atoms with Crippen LogP contribution in [0.25, 0.3) is 0 Å². The number of imidazole rings is 1. The Balaban J connectivity index is 0.000000593. The van der Waals surface area contributed by atoms with Crippen LogP contribution in [0.3, 0.4) is 0 Å². The predicted octanol–water partition coefficient (Wildman–Crippen LogP) is 4.67. The summed E-state index contributed by atoms with van der Waals surface area (Å²) < 4.78 is 2.10. The van der Waals surface area contributed by atoms with E-state index in [4.69, 9.17) is 38.5 Å². The molecule has 1 aromatic carbocycles. The van der Waals surface area contributed by atoms with Crippen molar-refractivity contribution in [2.75, 3.05) is 0 Å². The van der Waals surface area contributed by atoms with E-state index < -0.39 is 5.09 Å². The number of benzene rings is 1. The maximum absolute atomic E-state index is 8.36. The Kier molecular flexibility index (Phi) is 7.85. The minimum Gasteiger partial charge on any atom is -0.337 e. The zero-order valence-corrected chi connectivity index (χ0v) is 14.4. The highest BCUT2D eigenvalue weighted by molar-refractivity contribution is 6.35. The lowest BCUT2D eigenvalue weighted by atomic mass is 9.90. The summed E-state index contributed by atoms with van der Waals surface area (Å²) in [6, 6.07) is 5.76. The van der Waals surface area contributed by atoms with Crippen molar-refractivity contribution in [3.05, 3.63) is 62.6 Å². The van der Waals surface area contributed by atoms with Crippen LogP contribution in [0.1, 0.15) is 31.7 Å². The van der Waals surface area contributed by atoms with E-state index in [1.165, 1.54) is 0 Å². The average molecular weight is 360 g/mol. The van der Waals surface area contributed by atoms with E-state index in [2.05, 4.69) is 23.4 Å². The first-order valence-electron chi connectivity index (χ1n) is 7.03. The van der Waals surface area contributed by atoms with Gasteiger partial charge in [-0.1, -0.05) is 43.1 Å². The average Bonchev–Trinajstić information content (AvgIpc) is 2.89. The molecule has 8 heteroatoms. The van der Waals surface area contributed by atoms with E-state index >= 15 is 0 Å². The van der Waals surface area contributed by atoms with Crippen LogP contribution in [-0.2, 0) is 6.54 Å². The summed E-state index contributed by atoms with van der Waals surface area (Å²) in [5.41, 5.74) is 1.16. The molecule has 0 aliphatic heterocycles. The van der Waals surface area contributed by atoms with Gasteiger partial charge in [0.15, 0.2) is 0 Å². The molecule has 0 aliphatic carbocycles. The molecule has 126 valence electrons. The van der Waals surface area contributed by atoms with Gasteiger partial charge in [-0.2, -0.15) is 0 Å². The lowest BCUT2D eigenvalue weighted by Crippen LogP contribution is -2.11. The molecule has 1 aromatic heterocycles. The van der Waals surface area contributed by atoms with Crippen LogP contribution in [-0.4, -0.2) is 19.8 Å². The summed E-state index contributed by atoms with van der Waals surface area (Å²) >= 11 is 12.3. The van der Waals surface area contributed by atoms with Gasteiger partial charge < -0.3 is 9.77 Å². The monoisotopic (exact) mass is 359 g/mol. The zero-order valence-electron chi connectivity index (χ0n) is 12.9. The molecule has 0 amide bonds. The van der Waals surface area contributed by atoms with Crippen LogP contribution in [0.5, 0.6) is 0 Å². The van der Waals surface area contributed by atoms with Crippen LogP contribution in [0.2, 0.25) is 10.0 Å². The standard InChI is InChI=1S/C15H18Cl2N2.HNO3/c1-11(2)7-12(9-19-6-5-18-10-19)14-4-3-13(16)8-15(14)17;2-1(3)4/h3-6,8,10-12H,7,9H2,1-2H3;(H,2,3,4). The van der Waals surface area contributed by atoms with Crippen molar-refractivity contribution in [3.8, 4) is 0 Å². The Bertz CT molecular complexity index is 614. The summed E-state index contributed by atoms with van der Waals surface area (Å²) in [6.45, 7) is 5.34. The molecule has 2 rings (SSSR count). The quantitative estimate of drug-likeness (QED) is 0.620. The van der Waals surface area contributed by atoms with Crippen molar-refractivity contribution in [1.29, 1.82) is 0 Å². The highest BCUT2D eigenvalue weighted by atomic mass is 35.5. The van der Waals surface area contributed by atoms with Crippen molar-refractivity contribution in [2.24, 2.45) is 5.92 Å². The van der Waals surface area contributed by atoms with Gasteiger partial charge in [0.1, 0.15) is 0 Å². The van der Waals surface area contributed by atoms with Crippen LogP contribution >= 0.6 is 23.2 Å². The van der Waals surface area contributed by atoms with Gasteiger partial charge in [-0.15, -0.1) is 10.1 Å². The molecule has 0 radical (unpaired) electrons. The molecule has 0 aliphatic rings. The van der Waals surface area contributed by atoms with Crippen molar-refractivity contribution in [3.63, 3.8) is 0 Å². The molecule has 0 spiro atoms. The Hall–Kier alpha value is -1.79. The maximum atomic E-state index is 8.36. The van der Waals surface area contributed by atoms with Crippen LogP contribution in [0, 0.1) is 16.0 Å². The normalized spacial score (nSPS) is 11.7. The lowest BCUT2D eigenvalue weighted by molar-refractivity contribution is -0.742. The molecule has 0 bridgehead atoms. The molecular weight excluding hydrogens is 341 g/mol. The first kappa shape index (κ1) is 19.3. The largest absolute Gasteiger partial charge is 0.337 e. The van der Waals surface area contributed by atoms with E-state index in [0.717, 1.165) is 23.6 Å². The Morgan fingerprint density at radius 1 is 1.39 bits per heavy atom. The molecule has 0 fully saturated rings. The summed E-state index contributed by atoms with van der Waals surface area (Å²) in [6.07, 6.45) is 6.71. The first-order chi connectivity index (χ1) is 10.8. The van der Waals surface area contributed by atoms with Gasteiger partial charge in [-0.3, -0.25) is 0 Å². The van der Waals surface area contributed by atoms with Crippen molar-refractivity contribution < 1.29 is 10.3 Å². The van der Waals surface area contributed by atoms with Gasteiger partial charge >= 0.3 is 0 Å². The van der Waals surface area contributed by atoms with Gasteiger partial charge in [0.2, 0.25) is 0 Å². The SMILES string of the molecule is CC(C)CC(Cn1ccnc1)c1ccc(Cl)cc1Cl.O=[N+]([O-])O. The van der Waals surface area contributed by atoms with Crippen LogP contribution in [0.4, 0.5) is 0 Å². The summed E-state index contributed by atoms with van der Waals surface area (Å²) in [5, 5.41) is 15.1. The summed E-state index contributed by atoms with van der Waals surface area (Å²) in [5.74, 6) is 0.985. The smallest absolute Gasteiger partial charge is 0.291 e. The Morgan fingerprint density at radius 2 is 2.04 bits per heavy atom. The lowest BCUT2D eigenvalue weighted by Gasteiger charge is -2.21. The van der Waals surface area contributed by atoms with Crippen molar-refractivity contribution in [1.82, 2.24) is 9.55 Å². The first-order valence-corrected chi connectivity index (χ1v) is 7.79. The Labute approximate surface area is 144 Å². The van der Waals surface area contributed by atoms with E-state index in [0.29, 0.717) is 16.9 Å². The number of nitrogens with zero attached hydrogens (tertiary/aromatic N) is 3. The molecule has 1 atom stereocenters. The van der Waals surface area contributed by atoms with Crippen LogP contribution in [0.15, 0.2) is 36.9 Å². The number of hydrogen-bond donors (Lipinski definition) is 1. The third-order valence-corrected chi connectivity index (χ3v) is 3.71. The molecule has 0 saturated carbocycles. The van der Waals surface area contributed by atoms with E-state index in [9.17, 15) is 0 Å². The fraction of sp³-hybridized carbons (Fsp3) is 0.400. The minimum atomic E-state index is -1.50. The molecule has 6 nitrogen and oxygen atoms in total. The summed E-state index contributed by atoms with van der Waals surface area (Å²) in [4.78, 5) is 12.5. The van der Waals surface area contributed by atoms with Crippen LogP contribution < -0.4 is 0 Å². The number of hydrogen-bond acceptors (Lipinski definition) is 3. The second-order valence-electron chi connectivity index (χ2n) is 5.49. The minimum absolute atomic E-state index is 0.374. The summed E-state index contributed by atoms with van der Waals surface area (Å²) in [7, 11) is 0. The molecule has 0 saturated heterocycles. The fourth-order valence-electron chi connectivity index (χ4n) is 2.35. The van der Waals surface area contributed by atoms with Gasteiger partial charge in [0.05, 0.1) is 6.33 Å². The van der Waals surface area contributed by atoms with E-state index in [1.54, 1.807) is 6.20 Å². The topological polar surface area (TPSA) is 81.2 Å². The third kappa shape index (κ3) is 7.34. The maximum Gasteiger partial charge on any atom is 0.291 e. The predicted molar refractivity (Wildman–Crippen MR) is 89.7 cm³/mol. The van der Waals surface area contributed by atoms with Gasteiger partial charge in [-0.05, 0) is 30.0 Å². The molecule has 23 heavy (non-hydrogen) atoms. The highest BCUT2D eigenvalue weighted by Crippen LogP contribution is 2.32. The van der Waals surface area contributed by atoms with E-state index in [-0.39, 0.29) is 0 Å². The molecule has 1 N–H and O–H groups in total. The number of halogens is 2. The Morgan fingerprint density at radius 3 is 2.52 bits per heavy atom. The fourth-order valence-corrected chi connectivity index (χ4v) is 2.91. The second-order valence-corrected chi connectivity index (χ2v) is 6.33. The molecule has 1 heterocycles. The van der Waals surface area contributed by atoms with Gasteiger partial charge in [-0.25, -0.2) is 4.98 Å². The van der Waals surface area contributed by atoms with Gasteiger partial charge in [0.25, 0.3) is 5.09 Å². The highest BCUT2D eigenvalue weighted by Gasteiger charge is 2.17. The zero-order chi connectivity index (χ0) is 17.4. The van der Waals surface area contributed by atoms with E-state index in [1.807, 2.05) is 30.7 Å². The number of rotatable bonds is 5. The molecule has 1 unspecified atom stereocenters. The van der Waals surface area contributed by atoms with Crippen molar-refractivity contribution >= 4 is 23.2 Å².